The molecule has 682 valence electrons. The summed E-state index contributed by atoms with van der Waals surface area (Å²) < 4.78 is 73.4. The Morgan fingerprint density at radius 1 is 0.336 bits per heavy atom. The molecule has 0 amide bonds. The maximum absolute atomic E-state index is 14.9. The van der Waals surface area contributed by atoms with Gasteiger partial charge < -0.3 is 88.7 Å². The van der Waals surface area contributed by atoms with Crippen molar-refractivity contribution in [1.29, 1.82) is 0 Å². The fourth-order valence-corrected chi connectivity index (χ4v) is 16.5. The molecule has 26 heteroatoms. The van der Waals surface area contributed by atoms with E-state index in [2.05, 4.69) is 39.8 Å². The molecule has 3 rings (SSSR count). The first-order valence-electron chi connectivity index (χ1n) is 46.9. The highest BCUT2D eigenvalue weighted by Crippen LogP contribution is 2.49. The number of aliphatic hydroxyl groups excluding tert-OH is 9. The Labute approximate surface area is 699 Å². The molecular formula is C90H167O25P. The quantitative estimate of drug-likeness (QED) is 0.00889. The van der Waals surface area contributed by atoms with Crippen LogP contribution in [0.4, 0.5) is 0 Å². The minimum atomic E-state index is -5.80. The molecule has 0 radical (unpaired) electrons. The normalized spacial score (nSPS) is 25.2. The second-order valence-electron chi connectivity index (χ2n) is 33.5. The molecule has 1 saturated carbocycles. The zero-order valence-corrected chi connectivity index (χ0v) is 73.5. The van der Waals surface area contributed by atoms with E-state index >= 15 is 0 Å². The molecule has 1 aliphatic carbocycles. The minimum absolute atomic E-state index is 0.0111. The lowest BCUT2D eigenvalue weighted by molar-refractivity contribution is -0.360. The highest BCUT2D eigenvalue weighted by molar-refractivity contribution is 7.47. The molecule has 18 unspecified atom stereocenters. The number of ether oxygens (including phenoxy) is 8. The molecule has 3 aliphatic rings. The zero-order chi connectivity index (χ0) is 84.7. The minimum Gasteiger partial charge on any atom is -0.463 e. The number of carbonyl (C=O) groups is 4. The molecule has 0 bridgehead atoms. The summed E-state index contributed by atoms with van der Waals surface area (Å²) in [5.41, 5.74) is 0. The second kappa shape index (κ2) is 69.6. The van der Waals surface area contributed by atoms with E-state index in [1.807, 2.05) is 0 Å². The second-order valence-corrected chi connectivity index (χ2v) is 34.9. The third-order valence-electron chi connectivity index (χ3n) is 23.0. The lowest BCUT2D eigenvalue weighted by Gasteiger charge is -2.50. The van der Waals surface area contributed by atoms with Gasteiger partial charge in [0.15, 0.2) is 24.8 Å². The third-order valence-corrected chi connectivity index (χ3v) is 24.0. The van der Waals surface area contributed by atoms with Gasteiger partial charge in [-0.05, 0) is 51.4 Å². The molecule has 116 heavy (non-hydrogen) atoms. The monoisotopic (exact) mass is 1680 g/mol. The largest absolute Gasteiger partial charge is 0.472 e. The topological polar surface area (TPSA) is 380 Å². The lowest BCUT2D eigenvalue weighted by Crippen LogP contribution is -2.70. The van der Waals surface area contributed by atoms with Crippen LogP contribution in [0.3, 0.4) is 0 Å². The zero-order valence-electron chi connectivity index (χ0n) is 72.6. The highest BCUT2D eigenvalue weighted by atomic mass is 31.2. The number of aliphatic hydroxyl groups is 9. The van der Waals surface area contributed by atoms with Gasteiger partial charge in [0.05, 0.1) is 13.2 Å². The van der Waals surface area contributed by atoms with Crippen molar-refractivity contribution in [3.8, 4) is 0 Å². The summed E-state index contributed by atoms with van der Waals surface area (Å²) in [5, 5.41) is 102. The van der Waals surface area contributed by atoms with Crippen LogP contribution in [0.1, 0.15) is 407 Å². The molecule has 0 spiro atoms. The standard InChI is InChI=1S/C90H167O25P/c1-5-9-13-17-21-25-29-33-35-37-41-42-46-50-54-58-62-73(92)106-67-70(109-75(94)64-60-56-52-48-44-38-31-27-23-19-15-11-7-3)68-108-116(104,105)115-88-86(113-89-83(102)79(98)77(96)71(66-91)110-89)82(101)81(100)85(112-76(95)65-61-57-53-49-45-39-32-28-24-20-16-12-8-4)87(88)114-90-84(103)80(99)78(97)72(111-90)69-107-74(93)63-59-55-51-47-43-40-36-34-30-26-22-18-14-10-6-2/h26,30,70-72,77-91,96-103H,5-25,27-29,31-69H2,1-4H3,(H,104,105)/b30-26-. The van der Waals surface area contributed by atoms with E-state index in [9.17, 15) is 74.6 Å². The Morgan fingerprint density at radius 3 is 1.03 bits per heavy atom. The van der Waals surface area contributed by atoms with Crippen molar-refractivity contribution in [2.45, 2.75) is 511 Å². The van der Waals surface area contributed by atoms with Crippen LogP contribution < -0.4 is 0 Å². The summed E-state index contributed by atoms with van der Waals surface area (Å²) in [7, 11) is -5.80. The molecule has 0 aromatic rings. The Hall–Kier alpha value is -2.79. The molecule has 2 saturated heterocycles. The molecule has 2 aliphatic heterocycles. The van der Waals surface area contributed by atoms with Crippen LogP contribution in [0.15, 0.2) is 12.2 Å². The van der Waals surface area contributed by atoms with Crippen LogP contribution in [0, 0.1) is 0 Å². The van der Waals surface area contributed by atoms with Crippen molar-refractivity contribution < 1.29 is 122 Å². The van der Waals surface area contributed by atoms with Gasteiger partial charge in [0.2, 0.25) is 0 Å². The molecule has 18 atom stereocenters. The van der Waals surface area contributed by atoms with Gasteiger partial charge >= 0.3 is 31.7 Å². The first-order chi connectivity index (χ1) is 56.2. The molecule has 0 aromatic carbocycles. The summed E-state index contributed by atoms with van der Waals surface area (Å²) in [4.78, 5) is 66.4. The molecule has 3 fully saturated rings. The van der Waals surface area contributed by atoms with Crippen LogP contribution in [-0.2, 0) is 70.7 Å². The summed E-state index contributed by atoms with van der Waals surface area (Å²) in [6, 6.07) is 0. The Balaban J connectivity index is 1.91. The van der Waals surface area contributed by atoms with Gasteiger partial charge in [-0.1, -0.05) is 342 Å². The van der Waals surface area contributed by atoms with E-state index in [0.717, 1.165) is 148 Å². The molecule has 10 N–H and O–H groups in total. The van der Waals surface area contributed by atoms with E-state index in [1.54, 1.807) is 0 Å². The van der Waals surface area contributed by atoms with Crippen LogP contribution in [0.5, 0.6) is 0 Å². The van der Waals surface area contributed by atoms with Crippen molar-refractivity contribution in [3.05, 3.63) is 12.2 Å². The Kier molecular flexibility index (Phi) is 64.4. The third kappa shape index (κ3) is 49.5. The summed E-state index contributed by atoms with van der Waals surface area (Å²) >= 11 is 0. The number of unbranched alkanes of at least 4 members (excludes halogenated alkanes) is 50. The van der Waals surface area contributed by atoms with Crippen LogP contribution in [0.25, 0.3) is 0 Å². The van der Waals surface area contributed by atoms with Gasteiger partial charge in [-0.2, -0.15) is 0 Å². The number of esters is 4. The van der Waals surface area contributed by atoms with Crippen molar-refractivity contribution in [2.75, 3.05) is 26.4 Å². The summed E-state index contributed by atoms with van der Waals surface area (Å²) in [5.74, 6) is -2.95. The van der Waals surface area contributed by atoms with Crippen LogP contribution in [0.2, 0.25) is 0 Å². The van der Waals surface area contributed by atoms with Gasteiger partial charge in [-0.3, -0.25) is 28.2 Å². The number of rotatable bonds is 76. The number of hydrogen-bond donors (Lipinski definition) is 10. The Bertz CT molecular complexity index is 2460. The first kappa shape index (κ1) is 107. The summed E-state index contributed by atoms with van der Waals surface area (Å²) in [6.07, 6.45) is 27.8. The van der Waals surface area contributed by atoms with Crippen LogP contribution >= 0.6 is 7.82 Å². The maximum atomic E-state index is 14.9. The number of hydrogen-bond acceptors (Lipinski definition) is 24. The van der Waals surface area contributed by atoms with Crippen LogP contribution in [-0.4, -0.2) is 205 Å². The Morgan fingerprint density at radius 2 is 0.647 bits per heavy atom. The van der Waals surface area contributed by atoms with E-state index in [1.165, 1.54) is 173 Å². The van der Waals surface area contributed by atoms with E-state index in [0.29, 0.717) is 32.1 Å². The van der Waals surface area contributed by atoms with Gasteiger partial charge in [-0.25, -0.2) is 4.57 Å². The first-order valence-corrected chi connectivity index (χ1v) is 48.4. The van der Waals surface area contributed by atoms with Crippen molar-refractivity contribution >= 4 is 31.7 Å². The van der Waals surface area contributed by atoms with Gasteiger partial charge in [0, 0.05) is 25.7 Å². The number of phosphoric ester groups is 1. The van der Waals surface area contributed by atoms with Gasteiger partial charge in [-0.15, -0.1) is 0 Å². The number of carbonyl (C=O) groups excluding carboxylic acids is 4. The van der Waals surface area contributed by atoms with E-state index in [-0.39, 0.29) is 25.7 Å². The van der Waals surface area contributed by atoms with E-state index < -0.39 is 162 Å². The fraction of sp³-hybridized carbons (Fsp3) is 0.933. The molecule has 2 heterocycles. The van der Waals surface area contributed by atoms with Gasteiger partial charge in [0.25, 0.3) is 0 Å². The predicted octanol–water partition coefficient (Wildman–Crippen LogP) is 17.2. The average molecular weight is 1680 g/mol. The van der Waals surface area contributed by atoms with Crippen molar-refractivity contribution in [2.24, 2.45) is 0 Å². The maximum Gasteiger partial charge on any atom is 0.472 e. The SMILES string of the molecule is CCCCCC/C=C\CCCCCCCCCC(=O)OCC1OC(OC2C(OC(=O)CCCCCCCCCCCCCCC)C(O)C(O)C(OC3OC(CO)C(O)C(O)C3O)C2OP(=O)(O)OCC(COC(=O)CCCCCCCCCCCCCCCCCC)OC(=O)CCCCCCCCCCCCCCC)C(O)C(O)C1O. The molecule has 25 nitrogen and oxygen atoms in total. The van der Waals surface area contributed by atoms with Gasteiger partial charge in [0.1, 0.15) is 92.6 Å². The highest BCUT2D eigenvalue weighted by Gasteiger charge is 2.60. The number of phosphoric acid groups is 1. The lowest BCUT2D eigenvalue weighted by atomic mass is 9.84. The van der Waals surface area contributed by atoms with Crippen molar-refractivity contribution in [1.82, 2.24) is 0 Å². The van der Waals surface area contributed by atoms with E-state index in [4.69, 9.17) is 46.9 Å². The molecule has 0 aromatic heterocycles. The summed E-state index contributed by atoms with van der Waals surface area (Å²) in [6.45, 7) is 5.60. The smallest absolute Gasteiger partial charge is 0.463 e. The number of allylic oxidation sites excluding steroid dienone is 2. The predicted molar refractivity (Wildman–Crippen MR) is 449 cm³/mol. The molecular weight excluding hydrogens is 1510 g/mol. The fourth-order valence-electron chi connectivity index (χ4n) is 15.5. The van der Waals surface area contributed by atoms with Crippen molar-refractivity contribution in [3.63, 3.8) is 0 Å². The average Bonchev–Trinajstić information content (AvgIpc) is 0.754.